The van der Waals surface area contributed by atoms with Gasteiger partial charge in [-0.15, -0.1) is 0 Å². The highest BCUT2D eigenvalue weighted by Crippen LogP contribution is 2.26. The summed E-state index contributed by atoms with van der Waals surface area (Å²) in [5, 5.41) is 3.38. The Hall–Kier alpha value is -1.78. The van der Waals surface area contributed by atoms with Crippen LogP contribution in [0.2, 0.25) is 10.2 Å². The van der Waals surface area contributed by atoms with Crippen LogP contribution in [0, 0.1) is 6.92 Å². The molecule has 0 spiro atoms. The number of pyridine rings is 1. The maximum atomic E-state index is 12.1. The number of anilines is 2. The third-order valence-electron chi connectivity index (χ3n) is 2.54. The van der Waals surface area contributed by atoms with Gasteiger partial charge in [0.25, 0.3) is 5.91 Å². The number of hydrogen-bond donors (Lipinski definition) is 2. The van der Waals surface area contributed by atoms with Gasteiger partial charge in [-0.3, -0.25) is 4.79 Å². The number of hydrogen-bond acceptors (Lipinski definition) is 3. The second-order valence-electron chi connectivity index (χ2n) is 3.99. The molecule has 2 rings (SSSR count). The van der Waals surface area contributed by atoms with Crippen molar-refractivity contribution in [1.29, 1.82) is 0 Å². The minimum Gasteiger partial charge on any atom is -0.384 e. The molecular weight excluding hydrogens is 285 g/mol. The van der Waals surface area contributed by atoms with E-state index in [4.69, 9.17) is 28.9 Å². The molecule has 0 aliphatic heterocycles. The van der Waals surface area contributed by atoms with Crippen LogP contribution in [0.15, 0.2) is 30.3 Å². The first-order valence-electron chi connectivity index (χ1n) is 5.47. The molecule has 0 atom stereocenters. The highest BCUT2D eigenvalue weighted by atomic mass is 35.5. The van der Waals surface area contributed by atoms with E-state index in [0.29, 0.717) is 16.3 Å². The van der Waals surface area contributed by atoms with Crippen LogP contribution in [0.25, 0.3) is 0 Å². The van der Waals surface area contributed by atoms with Crippen molar-refractivity contribution in [3.05, 3.63) is 51.6 Å². The quantitative estimate of drug-likeness (QED) is 0.833. The van der Waals surface area contributed by atoms with Gasteiger partial charge in [0.05, 0.1) is 10.7 Å². The van der Waals surface area contributed by atoms with E-state index in [-0.39, 0.29) is 16.9 Å². The van der Waals surface area contributed by atoms with Crippen molar-refractivity contribution in [3.8, 4) is 0 Å². The van der Waals surface area contributed by atoms with Crippen LogP contribution in [0.3, 0.4) is 0 Å². The number of aromatic nitrogens is 1. The molecule has 0 fully saturated rings. The number of para-hydroxylation sites is 1. The van der Waals surface area contributed by atoms with E-state index in [1.165, 1.54) is 12.1 Å². The van der Waals surface area contributed by atoms with Crippen molar-refractivity contribution >= 4 is 40.6 Å². The van der Waals surface area contributed by atoms with Crippen molar-refractivity contribution in [2.45, 2.75) is 6.92 Å². The Morgan fingerprint density at radius 3 is 2.68 bits per heavy atom. The first-order valence-corrected chi connectivity index (χ1v) is 6.22. The van der Waals surface area contributed by atoms with E-state index >= 15 is 0 Å². The Labute approximate surface area is 120 Å². The summed E-state index contributed by atoms with van der Waals surface area (Å²) in [4.78, 5) is 15.9. The summed E-state index contributed by atoms with van der Waals surface area (Å²) >= 11 is 11.8. The van der Waals surface area contributed by atoms with Gasteiger partial charge in [0.2, 0.25) is 0 Å². The summed E-state index contributed by atoms with van der Waals surface area (Å²) in [5.41, 5.74) is 7.32. The number of amides is 1. The molecule has 1 amide bonds. The number of nitrogen functional groups attached to an aromatic ring is 1. The van der Waals surface area contributed by atoms with Crippen LogP contribution < -0.4 is 11.1 Å². The molecule has 0 saturated carbocycles. The maximum Gasteiger partial charge on any atom is 0.255 e. The molecular formula is C13H11Cl2N3O. The van der Waals surface area contributed by atoms with Crippen LogP contribution in [0.5, 0.6) is 0 Å². The lowest BCUT2D eigenvalue weighted by molar-refractivity contribution is 0.102. The van der Waals surface area contributed by atoms with E-state index in [2.05, 4.69) is 10.3 Å². The molecule has 19 heavy (non-hydrogen) atoms. The Kier molecular flexibility index (Phi) is 3.93. The zero-order valence-electron chi connectivity index (χ0n) is 10.1. The van der Waals surface area contributed by atoms with Gasteiger partial charge in [-0.25, -0.2) is 4.98 Å². The lowest BCUT2D eigenvalue weighted by Gasteiger charge is -2.10. The van der Waals surface area contributed by atoms with Gasteiger partial charge in [0.1, 0.15) is 11.0 Å². The van der Waals surface area contributed by atoms with Crippen molar-refractivity contribution in [2.75, 3.05) is 11.1 Å². The molecule has 2 aromatic rings. The largest absolute Gasteiger partial charge is 0.384 e. The summed E-state index contributed by atoms with van der Waals surface area (Å²) in [6.45, 7) is 1.86. The average molecular weight is 296 g/mol. The van der Waals surface area contributed by atoms with Crippen LogP contribution in [-0.4, -0.2) is 10.9 Å². The van der Waals surface area contributed by atoms with E-state index in [0.717, 1.165) is 5.56 Å². The monoisotopic (exact) mass is 295 g/mol. The molecule has 0 radical (unpaired) electrons. The molecule has 1 heterocycles. The average Bonchev–Trinajstić information content (AvgIpc) is 2.32. The van der Waals surface area contributed by atoms with Gasteiger partial charge < -0.3 is 11.1 Å². The number of nitrogens with zero attached hydrogens (tertiary/aromatic N) is 1. The van der Waals surface area contributed by atoms with E-state index < -0.39 is 0 Å². The maximum absolute atomic E-state index is 12.1. The van der Waals surface area contributed by atoms with Crippen molar-refractivity contribution in [1.82, 2.24) is 4.98 Å². The lowest BCUT2D eigenvalue weighted by atomic mass is 10.2. The standard InChI is InChI=1S/C13H11Cl2N3O/c1-7-3-2-4-9(14)12(7)18-13(19)8-5-10(15)17-11(16)6-8/h2-6H,1H3,(H2,16,17)(H,18,19). The molecule has 0 aliphatic carbocycles. The number of carbonyl (C=O) groups excluding carboxylic acids is 1. The second-order valence-corrected chi connectivity index (χ2v) is 4.78. The molecule has 98 valence electrons. The third-order valence-corrected chi connectivity index (χ3v) is 3.05. The van der Waals surface area contributed by atoms with Gasteiger partial charge >= 0.3 is 0 Å². The number of aryl methyl sites for hydroxylation is 1. The van der Waals surface area contributed by atoms with Crippen LogP contribution in [0.4, 0.5) is 11.5 Å². The summed E-state index contributed by atoms with van der Waals surface area (Å²) < 4.78 is 0. The van der Waals surface area contributed by atoms with Crippen molar-refractivity contribution in [3.63, 3.8) is 0 Å². The first kappa shape index (κ1) is 13.6. The van der Waals surface area contributed by atoms with Crippen LogP contribution >= 0.6 is 23.2 Å². The fraction of sp³-hybridized carbons (Fsp3) is 0.0769. The lowest BCUT2D eigenvalue weighted by Crippen LogP contribution is -2.14. The minimum atomic E-state index is -0.341. The van der Waals surface area contributed by atoms with Crippen molar-refractivity contribution < 1.29 is 4.79 Å². The van der Waals surface area contributed by atoms with Gasteiger partial charge in [0, 0.05) is 5.56 Å². The van der Waals surface area contributed by atoms with Gasteiger partial charge in [-0.1, -0.05) is 35.3 Å². The highest BCUT2D eigenvalue weighted by Gasteiger charge is 2.12. The Balaban J connectivity index is 2.31. The minimum absolute atomic E-state index is 0.168. The third kappa shape index (κ3) is 3.16. The molecule has 6 heteroatoms. The molecule has 0 unspecified atom stereocenters. The molecule has 1 aromatic heterocycles. The van der Waals surface area contributed by atoms with Crippen molar-refractivity contribution in [2.24, 2.45) is 0 Å². The topological polar surface area (TPSA) is 68.0 Å². The van der Waals surface area contributed by atoms with Gasteiger partial charge in [-0.2, -0.15) is 0 Å². The van der Waals surface area contributed by atoms with E-state index in [9.17, 15) is 4.79 Å². The Morgan fingerprint density at radius 2 is 2.05 bits per heavy atom. The number of halogens is 2. The summed E-state index contributed by atoms with van der Waals surface area (Å²) in [5.74, 6) is -0.152. The number of carbonyl (C=O) groups is 1. The molecule has 4 nitrogen and oxygen atoms in total. The fourth-order valence-corrected chi connectivity index (χ4v) is 2.11. The Morgan fingerprint density at radius 1 is 1.32 bits per heavy atom. The molecule has 0 aliphatic rings. The summed E-state index contributed by atoms with van der Waals surface area (Å²) in [6, 6.07) is 8.27. The first-order chi connectivity index (χ1) is 8.97. The fourth-order valence-electron chi connectivity index (χ4n) is 1.62. The predicted molar refractivity (Wildman–Crippen MR) is 77.8 cm³/mol. The Bertz CT molecular complexity index is 603. The van der Waals surface area contributed by atoms with Gasteiger partial charge in [-0.05, 0) is 30.7 Å². The number of nitrogens with one attached hydrogen (secondary N) is 1. The van der Waals surface area contributed by atoms with E-state index in [1.807, 2.05) is 19.1 Å². The van der Waals surface area contributed by atoms with E-state index in [1.54, 1.807) is 6.07 Å². The zero-order chi connectivity index (χ0) is 14.0. The number of benzene rings is 1. The molecule has 1 aromatic carbocycles. The molecule has 0 saturated heterocycles. The highest BCUT2D eigenvalue weighted by molar-refractivity contribution is 6.34. The summed E-state index contributed by atoms with van der Waals surface area (Å²) in [7, 11) is 0. The summed E-state index contributed by atoms with van der Waals surface area (Å²) in [6.07, 6.45) is 0. The van der Waals surface area contributed by atoms with Gasteiger partial charge in [0.15, 0.2) is 0 Å². The van der Waals surface area contributed by atoms with Crippen LogP contribution in [-0.2, 0) is 0 Å². The zero-order valence-corrected chi connectivity index (χ0v) is 11.6. The SMILES string of the molecule is Cc1cccc(Cl)c1NC(=O)c1cc(N)nc(Cl)c1. The molecule has 3 N–H and O–H groups in total. The number of rotatable bonds is 2. The predicted octanol–water partition coefficient (Wildman–Crippen LogP) is 3.53. The van der Waals surface area contributed by atoms with Crippen LogP contribution in [0.1, 0.15) is 15.9 Å². The number of nitrogens with two attached hydrogens (primary N) is 1. The smallest absolute Gasteiger partial charge is 0.255 e. The molecule has 0 bridgehead atoms. The normalized spacial score (nSPS) is 10.3. The second kappa shape index (κ2) is 5.47.